The lowest BCUT2D eigenvalue weighted by atomic mass is 9.96. The van der Waals surface area contributed by atoms with Crippen LogP contribution in [-0.4, -0.2) is 40.0 Å². The van der Waals surface area contributed by atoms with Crippen LogP contribution in [-0.2, 0) is 29.2 Å². The first kappa shape index (κ1) is 42.2. The average molecular weight is 784 g/mol. The summed E-state index contributed by atoms with van der Waals surface area (Å²) in [6.45, 7) is 8.58. The Morgan fingerprint density at radius 1 is 0.793 bits per heavy atom. The zero-order valence-electron chi connectivity index (χ0n) is 34.7. The summed E-state index contributed by atoms with van der Waals surface area (Å²) >= 11 is 0. The highest BCUT2D eigenvalue weighted by Gasteiger charge is 2.33. The fourth-order valence-corrected chi connectivity index (χ4v) is 7.48. The van der Waals surface area contributed by atoms with E-state index in [0.29, 0.717) is 43.7 Å². The van der Waals surface area contributed by atoms with E-state index in [4.69, 9.17) is 9.47 Å². The van der Waals surface area contributed by atoms with Crippen LogP contribution in [0.15, 0.2) is 103 Å². The summed E-state index contributed by atoms with van der Waals surface area (Å²) in [5.74, 6) is 1.41. The second kappa shape index (κ2) is 21.9. The third-order valence-electron chi connectivity index (χ3n) is 10.9. The smallest absolute Gasteiger partial charge is 0.247 e. The number of nitrogens with zero attached hydrogens (tertiary/aromatic N) is 4. The van der Waals surface area contributed by atoms with Crippen molar-refractivity contribution >= 4 is 17.5 Å². The molecule has 8 bridgehead atoms. The van der Waals surface area contributed by atoms with Gasteiger partial charge >= 0.3 is 0 Å². The van der Waals surface area contributed by atoms with E-state index in [2.05, 4.69) is 48.5 Å². The Morgan fingerprint density at radius 2 is 1.47 bits per heavy atom. The minimum Gasteiger partial charge on any atom is -0.494 e. The van der Waals surface area contributed by atoms with Gasteiger partial charge in [-0.05, 0) is 82.6 Å². The molecule has 1 N–H and O–H groups in total. The number of unbranched alkanes of at least 4 members (excludes halogenated alkanes) is 9. The number of aryl methyl sites for hydroxylation is 1. The van der Waals surface area contributed by atoms with Gasteiger partial charge in [0.05, 0.1) is 19.2 Å². The number of amides is 2. The molecule has 0 fully saturated rings. The second-order valence-electron chi connectivity index (χ2n) is 15.8. The van der Waals surface area contributed by atoms with Crippen molar-refractivity contribution in [1.29, 1.82) is 0 Å². The molecule has 0 saturated heterocycles. The monoisotopic (exact) mass is 783 g/mol. The van der Waals surface area contributed by atoms with Crippen LogP contribution in [0.3, 0.4) is 0 Å². The van der Waals surface area contributed by atoms with E-state index in [-0.39, 0.29) is 18.2 Å². The molecule has 2 amide bonds. The van der Waals surface area contributed by atoms with E-state index in [9.17, 15) is 9.59 Å². The molecule has 0 radical (unpaired) electrons. The molecule has 5 heterocycles. The summed E-state index contributed by atoms with van der Waals surface area (Å²) in [5, 5.41) is 11.8. The lowest BCUT2D eigenvalue weighted by Crippen LogP contribution is -2.45. The van der Waals surface area contributed by atoms with Gasteiger partial charge in [0, 0.05) is 25.2 Å². The van der Waals surface area contributed by atoms with Gasteiger partial charge in [-0.1, -0.05) is 138 Å². The molecule has 9 heteroatoms. The molecule has 4 aliphatic rings. The standard InChI is InChI=1S/C49H61N5O4/c1-4-5-6-7-8-9-10-11-12-13-30-50-49(56)48-42-17-14-16-41(34-42)40-22-28-46(29-23-40)58-36-43-35-53(52-51-43)31-15-32-57-45-26-18-38(19-27-45)33-47(55)54(48)44-24-20-39(21-25-44)37(2)3/h14,16-29,34-35,37,48H,4-13,15,30-33,36H2,1-3H3,(H,50,56). The number of rotatable bonds is 14. The maximum atomic E-state index is 14.7. The van der Waals surface area contributed by atoms with Crippen LogP contribution in [0.2, 0.25) is 0 Å². The van der Waals surface area contributed by atoms with Gasteiger partial charge in [0.15, 0.2) is 0 Å². The van der Waals surface area contributed by atoms with Gasteiger partial charge in [-0.15, -0.1) is 5.10 Å². The van der Waals surface area contributed by atoms with Crippen LogP contribution < -0.4 is 19.7 Å². The zero-order chi connectivity index (χ0) is 40.5. The van der Waals surface area contributed by atoms with Gasteiger partial charge < -0.3 is 14.8 Å². The van der Waals surface area contributed by atoms with Crippen molar-refractivity contribution < 1.29 is 19.1 Å². The van der Waals surface area contributed by atoms with Gasteiger partial charge in [-0.2, -0.15) is 0 Å². The molecule has 4 aromatic carbocycles. The van der Waals surface area contributed by atoms with Crippen molar-refractivity contribution in [3.05, 3.63) is 126 Å². The Hall–Kier alpha value is -5.44. The normalized spacial score (nSPS) is 14.9. The Labute approximate surface area is 345 Å². The molecule has 9 rings (SSSR count). The van der Waals surface area contributed by atoms with Crippen LogP contribution in [0.25, 0.3) is 11.1 Å². The molecule has 4 aliphatic heterocycles. The van der Waals surface area contributed by atoms with E-state index in [1.165, 1.54) is 50.5 Å². The Morgan fingerprint density at radius 3 is 2.17 bits per heavy atom. The molecular weight excluding hydrogens is 723 g/mol. The largest absolute Gasteiger partial charge is 0.494 e. The summed E-state index contributed by atoms with van der Waals surface area (Å²) in [6, 6.07) is 30.7. The average Bonchev–Trinajstić information content (AvgIpc) is 3.70. The first-order valence-electron chi connectivity index (χ1n) is 21.5. The fourth-order valence-electron chi connectivity index (χ4n) is 7.48. The van der Waals surface area contributed by atoms with Crippen molar-refractivity contribution in [2.45, 2.75) is 123 Å². The number of aromatic nitrogens is 3. The number of carbonyl (C=O) groups excluding carboxylic acids is 2. The number of hydrogen-bond acceptors (Lipinski definition) is 6. The number of benzene rings is 4. The lowest BCUT2D eigenvalue weighted by Gasteiger charge is -2.32. The van der Waals surface area contributed by atoms with Crippen molar-refractivity contribution in [2.24, 2.45) is 0 Å². The van der Waals surface area contributed by atoms with Gasteiger partial charge in [-0.3, -0.25) is 19.2 Å². The van der Waals surface area contributed by atoms with E-state index in [1.807, 2.05) is 91.1 Å². The number of hydrogen-bond donors (Lipinski definition) is 1. The van der Waals surface area contributed by atoms with Crippen LogP contribution in [0.1, 0.15) is 126 Å². The Kier molecular flexibility index (Phi) is 15.9. The maximum absolute atomic E-state index is 14.7. The highest BCUT2D eigenvalue weighted by Crippen LogP contribution is 2.33. The van der Waals surface area contributed by atoms with E-state index < -0.39 is 6.04 Å². The van der Waals surface area contributed by atoms with Crippen LogP contribution in [0.5, 0.6) is 11.5 Å². The van der Waals surface area contributed by atoms with Crippen molar-refractivity contribution in [2.75, 3.05) is 18.1 Å². The minimum atomic E-state index is -0.898. The molecular formula is C49H61N5O4. The summed E-state index contributed by atoms with van der Waals surface area (Å²) < 4.78 is 13.9. The number of nitrogens with one attached hydrogen (secondary N) is 1. The van der Waals surface area contributed by atoms with Crippen LogP contribution in [0, 0.1) is 0 Å². The topological polar surface area (TPSA) is 98.6 Å². The highest BCUT2D eigenvalue weighted by atomic mass is 16.5. The third-order valence-corrected chi connectivity index (χ3v) is 10.9. The molecule has 0 aliphatic carbocycles. The van der Waals surface area contributed by atoms with Crippen molar-refractivity contribution in [3.8, 4) is 22.6 Å². The molecule has 9 nitrogen and oxygen atoms in total. The molecule has 0 spiro atoms. The lowest BCUT2D eigenvalue weighted by molar-refractivity contribution is -0.126. The van der Waals surface area contributed by atoms with Gasteiger partial charge in [0.1, 0.15) is 29.8 Å². The van der Waals surface area contributed by atoms with Gasteiger partial charge in [0.2, 0.25) is 11.8 Å². The summed E-state index contributed by atoms with van der Waals surface area (Å²) in [6.07, 6.45) is 15.0. The SMILES string of the molecule is CCCCCCCCCCCCNC(=O)C1c2cccc(c2)-c2ccc(cc2)OCc2cn(nn2)CCCOc2ccc(cc2)CC(=O)N1c1ccc(C(C)C)cc1. The summed E-state index contributed by atoms with van der Waals surface area (Å²) in [4.78, 5) is 31.0. The first-order valence-corrected chi connectivity index (χ1v) is 21.5. The quantitative estimate of drug-likeness (QED) is 0.113. The number of carbonyl (C=O) groups is 2. The Balaban J connectivity index is 1.29. The second-order valence-corrected chi connectivity index (χ2v) is 15.8. The molecule has 1 aromatic heterocycles. The molecule has 306 valence electrons. The number of anilines is 1. The van der Waals surface area contributed by atoms with Crippen molar-refractivity contribution in [1.82, 2.24) is 20.3 Å². The highest BCUT2D eigenvalue weighted by molar-refractivity contribution is 6.02. The van der Waals surface area contributed by atoms with Crippen molar-refractivity contribution in [3.63, 3.8) is 0 Å². The van der Waals surface area contributed by atoms with Gasteiger partial charge in [0.25, 0.3) is 0 Å². The minimum absolute atomic E-state index is 0.115. The van der Waals surface area contributed by atoms with E-state index in [0.717, 1.165) is 59.4 Å². The van der Waals surface area contributed by atoms with E-state index in [1.54, 1.807) is 9.58 Å². The van der Waals surface area contributed by atoms with Crippen LogP contribution in [0.4, 0.5) is 5.69 Å². The first-order chi connectivity index (χ1) is 28.4. The fraction of sp³-hybridized carbons (Fsp3) is 0.429. The third kappa shape index (κ3) is 12.3. The number of ether oxygens (including phenoxy) is 2. The predicted octanol–water partition coefficient (Wildman–Crippen LogP) is 10.8. The maximum Gasteiger partial charge on any atom is 0.247 e. The molecule has 1 atom stereocenters. The molecule has 0 saturated carbocycles. The molecule has 1 unspecified atom stereocenters. The summed E-state index contributed by atoms with van der Waals surface area (Å²) in [7, 11) is 0. The van der Waals surface area contributed by atoms with Crippen LogP contribution >= 0.6 is 0 Å². The molecule has 58 heavy (non-hydrogen) atoms. The predicted molar refractivity (Wildman–Crippen MR) is 232 cm³/mol. The zero-order valence-corrected chi connectivity index (χ0v) is 34.7. The molecule has 5 aromatic rings. The Bertz CT molecular complexity index is 2010. The van der Waals surface area contributed by atoms with Gasteiger partial charge in [-0.25, -0.2) is 0 Å². The van der Waals surface area contributed by atoms with E-state index >= 15 is 0 Å². The summed E-state index contributed by atoms with van der Waals surface area (Å²) in [5.41, 5.74) is 6.08.